The average molecular weight is 573 g/mol. The molecule has 214 valence electrons. The topological polar surface area (TPSA) is 84.2 Å². The Morgan fingerprint density at radius 3 is 2.71 bits per heavy atom. The predicted octanol–water partition coefficient (Wildman–Crippen LogP) is 4.56. The molecule has 0 radical (unpaired) electrons. The highest BCUT2D eigenvalue weighted by Crippen LogP contribution is 2.43. The number of hydrogen-bond donors (Lipinski definition) is 1. The Morgan fingerprint density at radius 1 is 1.02 bits per heavy atom. The third-order valence-electron chi connectivity index (χ3n) is 8.61. The Labute approximate surface area is 245 Å². The largest absolute Gasteiger partial charge is 0.492 e. The van der Waals surface area contributed by atoms with Crippen molar-refractivity contribution in [2.45, 2.75) is 45.2 Å². The maximum absolute atomic E-state index is 6.95. The van der Waals surface area contributed by atoms with E-state index in [1.807, 2.05) is 30.5 Å². The molecule has 0 unspecified atom stereocenters. The zero-order valence-electron chi connectivity index (χ0n) is 23.6. The van der Waals surface area contributed by atoms with Gasteiger partial charge in [0.15, 0.2) is 17.0 Å². The van der Waals surface area contributed by atoms with Gasteiger partial charge < -0.3 is 19.5 Å². The molecule has 3 aromatic heterocycles. The summed E-state index contributed by atoms with van der Waals surface area (Å²) in [4.78, 5) is 24.3. The first-order valence-electron chi connectivity index (χ1n) is 14.9. The normalized spacial score (nSPS) is 19.8. The van der Waals surface area contributed by atoms with E-state index in [4.69, 9.17) is 31.3 Å². The van der Waals surface area contributed by atoms with Gasteiger partial charge in [-0.05, 0) is 74.4 Å². The van der Waals surface area contributed by atoms with Crippen molar-refractivity contribution >= 4 is 28.6 Å². The lowest BCUT2D eigenvalue weighted by atomic mass is 10.1. The molecule has 1 saturated carbocycles. The first kappa shape index (κ1) is 26.6. The zero-order valence-corrected chi connectivity index (χ0v) is 24.4. The highest BCUT2D eigenvalue weighted by Gasteiger charge is 2.39. The van der Waals surface area contributed by atoms with Crippen LogP contribution in [-0.2, 0) is 6.54 Å². The van der Waals surface area contributed by atoms with E-state index in [9.17, 15) is 0 Å². The van der Waals surface area contributed by atoms with Crippen molar-refractivity contribution < 1.29 is 4.74 Å². The summed E-state index contributed by atoms with van der Waals surface area (Å²) in [5, 5.41) is 3.99. The number of aryl methyl sites for hydroxylation is 1. The van der Waals surface area contributed by atoms with Crippen LogP contribution in [0.3, 0.4) is 0 Å². The lowest BCUT2D eigenvalue weighted by Crippen LogP contribution is -2.44. The van der Waals surface area contributed by atoms with Crippen LogP contribution in [-0.4, -0.2) is 81.3 Å². The Kier molecular flexibility index (Phi) is 7.50. The molecule has 2 aliphatic heterocycles. The highest BCUT2D eigenvalue weighted by atomic mass is 35.5. The molecule has 3 fully saturated rings. The number of aromatic nitrogens is 5. The van der Waals surface area contributed by atoms with Gasteiger partial charge in [0.1, 0.15) is 24.5 Å². The number of nitrogens with one attached hydrogen (secondary N) is 1. The minimum atomic E-state index is 0.537. The van der Waals surface area contributed by atoms with E-state index in [0.717, 1.165) is 85.0 Å². The van der Waals surface area contributed by atoms with Crippen molar-refractivity contribution in [3.05, 3.63) is 59.1 Å². The molecule has 0 amide bonds. The lowest BCUT2D eigenvalue weighted by Gasteiger charge is -2.26. The molecule has 7 rings (SSSR count). The molecule has 41 heavy (non-hydrogen) atoms. The van der Waals surface area contributed by atoms with Crippen molar-refractivity contribution in [3.63, 3.8) is 0 Å². The number of ether oxygens (including phenoxy) is 1. The maximum atomic E-state index is 6.95. The monoisotopic (exact) mass is 572 g/mol. The second-order valence-corrected chi connectivity index (χ2v) is 11.9. The number of rotatable bonds is 9. The first-order chi connectivity index (χ1) is 20.1. The number of benzene rings is 1. The van der Waals surface area contributed by atoms with Crippen LogP contribution in [0.2, 0.25) is 5.02 Å². The van der Waals surface area contributed by atoms with E-state index in [2.05, 4.69) is 37.7 Å². The quantitative estimate of drug-likeness (QED) is 0.312. The van der Waals surface area contributed by atoms with Gasteiger partial charge in [-0.15, -0.1) is 0 Å². The van der Waals surface area contributed by atoms with E-state index in [1.165, 1.54) is 31.2 Å². The van der Waals surface area contributed by atoms with Crippen LogP contribution in [0.25, 0.3) is 22.6 Å². The maximum Gasteiger partial charge on any atom is 0.166 e. The molecule has 4 aromatic rings. The van der Waals surface area contributed by atoms with Crippen molar-refractivity contribution in [1.82, 2.24) is 34.7 Å². The predicted molar refractivity (Wildman–Crippen MR) is 162 cm³/mol. The Hall–Kier alpha value is -3.27. The van der Waals surface area contributed by atoms with E-state index in [0.29, 0.717) is 24.2 Å². The van der Waals surface area contributed by atoms with E-state index < -0.39 is 0 Å². The first-order valence-corrected chi connectivity index (χ1v) is 15.3. The Bertz CT molecular complexity index is 1530. The summed E-state index contributed by atoms with van der Waals surface area (Å²) < 4.78 is 8.23. The zero-order chi connectivity index (χ0) is 27.8. The van der Waals surface area contributed by atoms with Gasteiger partial charge in [-0.2, -0.15) is 0 Å². The van der Waals surface area contributed by atoms with Gasteiger partial charge in [0.25, 0.3) is 0 Å². The second kappa shape index (κ2) is 11.5. The minimum absolute atomic E-state index is 0.537. The number of fused-ring (bicyclic) bond motifs is 1. The summed E-state index contributed by atoms with van der Waals surface area (Å²) in [5.41, 5.74) is 4.60. The molecule has 1 aromatic carbocycles. The Morgan fingerprint density at radius 2 is 1.90 bits per heavy atom. The van der Waals surface area contributed by atoms with Crippen LogP contribution >= 0.6 is 11.6 Å². The number of piperazine rings is 1. The molecular formula is C31H37ClN8O. The van der Waals surface area contributed by atoms with Gasteiger partial charge in [0.05, 0.1) is 17.3 Å². The molecular weight excluding hydrogens is 536 g/mol. The van der Waals surface area contributed by atoms with Gasteiger partial charge in [0, 0.05) is 57.1 Å². The fourth-order valence-electron chi connectivity index (χ4n) is 6.36. The fraction of sp³-hybridized carbons (Fsp3) is 0.484. The van der Waals surface area contributed by atoms with Gasteiger partial charge in [-0.25, -0.2) is 15.0 Å². The number of hydrogen-bond acceptors (Lipinski definition) is 8. The number of pyridine rings is 1. The molecule has 1 atom stereocenters. The number of anilines is 1. The molecule has 0 bridgehead atoms. The van der Waals surface area contributed by atoms with Gasteiger partial charge >= 0.3 is 0 Å². The summed E-state index contributed by atoms with van der Waals surface area (Å²) in [7, 11) is 0. The van der Waals surface area contributed by atoms with Crippen molar-refractivity contribution in [3.8, 4) is 17.1 Å². The fourth-order valence-corrected chi connectivity index (χ4v) is 6.61. The number of nitrogens with zero attached hydrogens (tertiary/aromatic N) is 7. The summed E-state index contributed by atoms with van der Waals surface area (Å²) >= 11 is 6.95. The van der Waals surface area contributed by atoms with Gasteiger partial charge in [-0.3, -0.25) is 9.88 Å². The van der Waals surface area contributed by atoms with Crippen LogP contribution in [0, 0.1) is 12.8 Å². The SMILES string of the molecule is Cc1ccnc(Cn2c(-c3ccc(OCCN4CCNCC4)cc3Cl)nc3c(N4CCC[C@@H]4C4CC4)ncnc32)c1. The van der Waals surface area contributed by atoms with Crippen LogP contribution in [0.15, 0.2) is 42.9 Å². The van der Waals surface area contributed by atoms with Crippen LogP contribution in [0.5, 0.6) is 5.75 Å². The van der Waals surface area contributed by atoms with Gasteiger partial charge in [-0.1, -0.05) is 11.6 Å². The van der Waals surface area contributed by atoms with Crippen molar-refractivity contribution in [2.75, 3.05) is 50.8 Å². The molecule has 1 N–H and O–H groups in total. The van der Waals surface area contributed by atoms with E-state index in [1.54, 1.807) is 6.33 Å². The third kappa shape index (κ3) is 5.63. The van der Waals surface area contributed by atoms with Crippen molar-refractivity contribution in [2.24, 2.45) is 5.92 Å². The molecule has 10 heteroatoms. The standard InChI is InChI=1S/C31H37ClN8O/c1-21-8-9-34-23(17-21)19-40-29(25-7-6-24(18-26(25)32)41-16-15-38-13-10-33-11-14-38)37-28-30(35-20-36-31(28)40)39-12-2-3-27(39)22-4-5-22/h6-9,17-18,20,22,27,33H,2-5,10-16,19H2,1H3/t27-/m1/s1. The number of imidazole rings is 1. The molecule has 5 heterocycles. The van der Waals surface area contributed by atoms with E-state index >= 15 is 0 Å². The minimum Gasteiger partial charge on any atom is -0.492 e. The molecule has 9 nitrogen and oxygen atoms in total. The smallest absolute Gasteiger partial charge is 0.166 e. The molecule has 3 aliphatic rings. The summed E-state index contributed by atoms with van der Waals surface area (Å²) in [5.74, 6) is 3.24. The molecule has 0 spiro atoms. The van der Waals surface area contributed by atoms with Crippen molar-refractivity contribution in [1.29, 1.82) is 0 Å². The van der Waals surface area contributed by atoms with Crippen LogP contribution in [0.4, 0.5) is 5.82 Å². The molecule has 1 aliphatic carbocycles. The third-order valence-corrected chi connectivity index (χ3v) is 8.92. The van der Waals surface area contributed by atoms with Crippen LogP contribution in [0.1, 0.15) is 36.9 Å². The van der Waals surface area contributed by atoms with Crippen LogP contribution < -0.4 is 15.0 Å². The average Bonchev–Trinajstić information content (AvgIpc) is 3.60. The second-order valence-electron chi connectivity index (χ2n) is 11.5. The summed E-state index contributed by atoms with van der Waals surface area (Å²) in [6, 6.07) is 10.6. The molecule has 2 saturated heterocycles. The summed E-state index contributed by atoms with van der Waals surface area (Å²) in [6.45, 7) is 9.34. The van der Waals surface area contributed by atoms with E-state index in [-0.39, 0.29) is 0 Å². The van der Waals surface area contributed by atoms with Gasteiger partial charge in [0.2, 0.25) is 0 Å². The highest BCUT2D eigenvalue weighted by molar-refractivity contribution is 6.33. The summed E-state index contributed by atoms with van der Waals surface area (Å²) in [6.07, 6.45) is 8.57. The number of halogens is 1. The lowest BCUT2D eigenvalue weighted by molar-refractivity contribution is 0.191. The Balaban J connectivity index is 1.23.